The Morgan fingerprint density at radius 3 is 2.43 bits per heavy atom. The maximum atomic E-state index is 12.4. The molecular formula is C15H23N3O3. The largest absolute Gasteiger partial charge is 0.389 e. The van der Waals surface area contributed by atoms with Crippen molar-refractivity contribution in [1.29, 1.82) is 0 Å². The van der Waals surface area contributed by atoms with Crippen LogP contribution < -0.4 is 16.4 Å². The van der Waals surface area contributed by atoms with Crippen molar-refractivity contribution in [2.45, 2.75) is 39.3 Å². The van der Waals surface area contributed by atoms with Crippen molar-refractivity contribution in [1.82, 2.24) is 5.32 Å². The molecule has 116 valence electrons. The van der Waals surface area contributed by atoms with Gasteiger partial charge in [0.25, 0.3) is 0 Å². The summed E-state index contributed by atoms with van der Waals surface area (Å²) in [5.41, 5.74) is 6.27. The Bertz CT molecular complexity index is 503. The molecular weight excluding hydrogens is 270 g/mol. The quantitative estimate of drug-likeness (QED) is 0.642. The summed E-state index contributed by atoms with van der Waals surface area (Å²) in [6.07, 6.45) is 0.0174. The molecule has 1 aromatic carbocycles. The molecule has 0 aliphatic heterocycles. The summed E-state index contributed by atoms with van der Waals surface area (Å²) < 4.78 is 0. The third-order valence-corrected chi connectivity index (χ3v) is 3.46. The number of nitrogens with two attached hydrogens (primary N) is 1. The number of para-hydroxylation sites is 1. The molecule has 1 aromatic rings. The maximum Gasteiger partial charge on any atom is 0.312 e. The Balaban J connectivity index is 2.94. The van der Waals surface area contributed by atoms with Gasteiger partial charge in [-0.3, -0.25) is 4.79 Å². The molecule has 0 bridgehead atoms. The summed E-state index contributed by atoms with van der Waals surface area (Å²) in [7, 11) is 0. The molecule has 3 atom stereocenters. The predicted molar refractivity (Wildman–Crippen MR) is 81.7 cm³/mol. The lowest BCUT2D eigenvalue weighted by Gasteiger charge is -2.23. The van der Waals surface area contributed by atoms with Crippen LogP contribution in [0.15, 0.2) is 24.3 Å². The molecule has 5 N–H and O–H groups in total. The minimum Gasteiger partial charge on any atom is -0.389 e. The molecule has 6 nitrogen and oxygen atoms in total. The molecule has 0 fully saturated rings. The van der Waals surface area contributed by atoms with Gasteiger partial charge in [-0.2, -0.15) is 0 Å². The van der Waals surface area contributed by atoms with Gasteiger partial charge in [0.15, 0.2) is 0 Å². The summed E-state index contributed by atoms with van der Waals surface area (Å²) in [6.45, 7) is 5.41. The third kappa shape index (κ3) is 4.75. The predicted octanol–water partition coefficient (Wildman–Crippen LogP) is 1.76. The van der Waals surface area contributed by atoms with Crippen molar-refractivity contribution in [3.8, 4) is 0 Å². The highest BCUT2D eigenvalue weighted by molar-refractivity contribution is 5.97. The standard InChI is InChI=1S/C15H23N3O3/c1-4-9(2)13(18-15(16)21)14(20)17-12-8-6-5-7-11(12)10(3)19/h5-10,13,19H,4H2,1-3H3,(H,17,20)(H3,16,18,21). The third-order valence-electron chi connectivity index (χ3n) is 3.46. The van der Waals surface area contributed by atoms with Gasteiger partial charge < -0.3 is 21.5 Å². The normalized spacial score (nSPS) is 14.9. The first-order valence-corrected chi connectivity index (χ1v) is 7.00. The molecule has 3 unspecified atom stereocenters. The summed E-state index contributed by atoms with van der Waals surface area (Å²) in [5.74, 6) is -0.410. The van der Waals surface area contributed by atoms with Gasteiger partial charge in [-0.05, 0) is 18.9 Å². The number of carbonyl (C=O) groups is 2. The van der Waals surface area contributed by atoms with Gasteiger partial charge in [0.05, 0.1) is 6.10 Å². The molecule has 3 amide bonds. The molecule has 0 spiro atoms. The van der Waals surface area contributed by atoms with Crippen LogP contribution in [0.2, 0.25) is 0 Å². The van der Waals surface area contributed by atoms with Crippen LogP contribution in [-0.4, -0.2) is 23.1 Å². The zero-order valence-electron chi connectivity index (χ0n) is 12.6. The van der Waals surface area contributed by atoms with Crippen LogP contribution in [0.1, 0.15) is 38.9 Å². The summed E-state index contributed by atoms with van der Waals surface area (Å²) >= 11 is 0. The molecule has 0 aromatic heterocycles. The lowest BCUT2D eigenvalue weighted by atomic mass is 9.98. The Morgan fingerprint density at radius 1 is 1.29 bits per heavy atom. The molecule has 0 heterocycles. The van der Waals surface area contributed by atoms with Gasteiger partial charge in [0.1, 0.15) is 6.04 Å². The number of nitrogens with one attached hydrogen (secondary N) is 2. The minimum absolute atomic E-state index is 0.0591. The Labute approximate surface area is 124 Å². The van der Waals surface area contributed by atoms with E-state index in [0.29, 0.717) is 11.3 Å². The molecule has 0 radical (unpaired) electrons. The van der Waals surface area contributed by atoms with Crippen LogP contribution in [0.5, 0.6) is 0 Å². The van der Waals surface area contributed by atoms with Crippen molar-refractivity contribution in [2.24, 2.45) is 11.7 Å². The van der Waals surface area contributed by atoms with Crippen LogP contribution in [0.3, 0.4) is 0 Å². The van der Waals surface area contributed by atoms with Crippen LogP contribution in [-0.2, 0) is 4.79 Å². The summed E-state index contributed by atoms with van der Waals surface area (Å²) in [5, 5.41) is 14.9. The van der Waals surface area contributed by atoms with E-state index in [0.717, 1.165) is 6.42 Å². The fourth-order valence-corrected chi connectivity index (χ4v) is 2.04. The van der Waals surface area contributed by atoms with Gasteiger partial charge in [0.2, 0.25) is 5.91 Å². The first-order chi connectivity index (χ1) is 9.86. The monoisotopic (exact) mass is 293 g/mol. The van der Waals surface area contributed by atoms with Crippen LogP contribution >= 0.6 is 0 Å². The number of hydrogen-bond acceptors (Lipinski definition) is 3. The lowest BCUT2D eigenvalue weighted by Crippen LogP contribution is -2.49. The highest BCUT2D eigenvalue weighted by atomic mass is 16.3. The van der Waals surface area contributed by atoms with Gasteiger partial charge in [-0.25, -0.2) is 4.79 Å². The molecule has 1 rings (SSSR count). The van der Waals surface area contributed by atoms with Crippen molar-refractivity contribution in [3.63, 3.8) is 0 Å². The van der Waals surface area contributed by atoms with Gasteiger partial charge in [-0.15, -0.1) is 0 Å². The Hall–Kier alpha value is -2.08. The van der Waals surface area contributed by atoms with E-state index in [2.05, 4.69) is 10.6 Å². The van der Waals surface area contributed by atoms with E-state index in [9.17, 15) is 14.7 Å². The molecule has 21 heavy (non-hydrogen) atoms. The lowest BCUT2D eigenvalue weighted by molar-refractivity contribution is -0.119. The topological polar surface area (TPSA) is 104 Å². The number of amides is 3. The molecule has 0 aliphatic rings. The SMILES string of the molecule is CCC(C)C(NC(N)=O)C(=O)Nc1ccccc1C(C)O. The summed E-state index contributed by atoms with van der Waals surface area (Å²) in [6, 6.07) is 5.54. The minimum atomic E-state index is -0.737. The van der Waals surface area contributed by atoms with E-state index in [1.54, 1.807) is 31.2 Å². The number of urea groups is 1. The van der Waals surface area contributed by atoms with Gasteiger partial charge in [0, 0.05) is 11.3 Å². The van der Waals surface area contributed by atoms with Crippen molar-refractivity contribution >= 4 is 17.6 Å². The fourth-order valence-electron chi connectivity index (χ4n) is 2.04. The Kier molecular flexibility index (Phi) is 6.17. The van der Waals surface area contributed by atoms with Gasteiger partial charge >= 0.3 is 6.03 Å². The van der Waals surface area contributed by atoms with E-state index in [4.69, 9.17) is 5.73 Å². The zero-order valence-corrected chi connectivity index (χ0v) is 12.6. The van der Waals surface area contributed by atoms with Gasteiger partial charge in [-0.1, -0.05) is 38.5 Å². The number of aliphatic hydroxyl groups is 1. The highest BCUT2D eigenvalue weighted by Crippen LogP contribution is 2.23. The van der Waals surface area contributed by atoms with Crippen molar-refractivity contribution in [3.05, 3.63) is 29.8 Å². The molecule has 0 saturated carbocycles. The van der Waals surface area contributed by atoms with E-state index in [-0.39, 0.29) is 11.8 Å². The average molecular weight is 293 g/mol. The van der Waals surface area contributed by atoms with E-state index in [1.165, 1.54) is 0 Å². The van der Waals surface area contributed by atoms with Crippen LogP contribution in [0.25, 0.3) is 0 Å². The Morgan fingerprint density at radius 2 is 1.90 bits per heavy atom. The highest BCUT2D eigenvalue weighted by Gasteiger charge is 2.25. The number of anilines is 1. The number of hydrogen-bond donors (Lipinski definition) is 4. The molecule has 0 aliphatic carbocycles. The van der Waals surface area contributed by atoms with Crippen LogP contribution in [0, 0.1) is 5.92 Å². The molecule has 6 heteroatoms. The number of carbonyl (C=O) groups excluding carboxylic acids is 2. The maximum absolute atomic E-state index is 12.4. The second-order valence-corrected chi connectivity index (χ2v) is 5.12. The number of primary amides is 1. The number of aliphatic hydroxyl groups excluding tert-OH is 1. The zero-order chi connectivity index (χ0) is 16.0. The second-order valence-electron chi connectivity index (χ2n) is 5.12. The van der Waals surface area contributed by atoms with Crippen LogP contribution in [0.4, 0.5) is 10.5 Å². The van der Waals surface area contributed by atoms with E-state index < -0.39 is 18.2 Å². The smallest absolute Gasteiger partial charge is 0.312 e. The fraction of sp³-hybridized carbons (Fsp3) is 0.467. The second kappa shape index (κ2) is 7.64. The van der Waals surface area contributed by atoms with E-state index in [1.807, 2.05) is 13.8 Å². The average Bonchev–Trinajstić information content (AvgIpc) is 2.44. The molecule has 0 saturated heterocycles. The first-order valence-electron chi connectivity index (χ1n) is 7.00. The summed E-state index contributed by atoms with van der Waals surface area (Å²) in [4.78, 5) is 23.4. The van der Waals surface area contributed by atoms with E-state index >= 15 is 0 Å². The first kappa shape index (κ1) is 17.0. The number of rotatable bonds is 6. The number of benzene rings is 1. The van der Waals surface area contributed by atoms with Crippen molar-refractivity contribution in [2.75, 3.05) is 5.32 Å². The van der Waals surface area contributed by atoms with Crippen molar-refractivity contribution < 1.29 is 14.7 Å².